The van der Waals surface area contributed by atoms with Gasteiger partial charge in [0, 0.05) is 6.42 Å². The molecule has 2 N–H and O–H groups in total. The number of aliphatic hydroxyl groups is 1. The number of carboxylic acids is 1. The fourth-order valence-electron chi connectivity index (χ4n) is 2.48. The van der Waals surface area contributed by atoms with E-state index in [0.29, 0.717) is 19.3 Å². The molecule has 0 saturated heterocycles. The number of fused-ring (bicyclic) bond motifs is 1. The van der Waals surface area contributed by atoms with Crippen LogP contribution in [0.4, 0.5) is 0 Å². The monoisotopic (exact) mass is 236 g/mol. The van der Waals surface area contributed by atoms with Gasteiger partial charge in [0.25, 0.3) is 0 Å². The van der Waals surface area contributed by atoms with Gasteiger partial charge < -0.3 is 14.9 Å². The van der Waals surface area contributed by atoms with Crippen LogP contribution in [0.1, 0.15) is 24.0 Å². The van der Waals surface area contributed by atoms with Gasteiger partial charge in [-0.2, -0.15) is 0 Å². The minimum absolute atomic E-state index is 0.205. The van der Waals surface area contributed by atoms with Gasteiger partial charge in [0.05, 0.1) is 19.1 Å². The maximum absolute atomic E-state index is 10.7. The molecule has 1 unspecified atom stereocenters. The van der Waals surface area contributed by atoms with Gasteiger partial charge in [0.15, 0.2) is 0 Å². The van der Waals surface area contributed by atoms with Crippen molar-refractivity contribution in [1.82, 2.24) is 0 Å². The molecule has 0 spiro atoms. The summed E-state index contributed by atoms with van der Waals surface area (Å²) in [6.45, 7) is 0. The lowest BCUT2D eigenvalue weighted by molar-refractivity contribution is -0.143. The normalized spacial score (nSPS) is 22.9. The lowest BCUT2D eigenvalue weighted by Crippen LogP contribution is -2.38. The molecule has 0 aliphatic heterocycles. The van der Waals surface area contributed by atoms with Gasteiger partial charge in [0.2, 0.25) is 0 Å². The van der Waals surface area contributed by atoms with Crippen molar-refractivity contribution in [2.75, 3.05) is 7.11 Å². The molecule has 0 heterocycles. The molecular formula is C13H16O4. The molecule has 17 heavy (non-hydrogen) atoms. The van der Waals surface area contributed by atoms with E-state index in [-0.39, 0.29) is 6.42 Å². The van der Waals surface area contributed by atoms with Crippen molar-refractivity contribution in [2.45, 2.75) is 31.3 Å². The maximum atomic E-state index is 10.7. The Balaban J connectivity index is 2.27. The van der Waals surface area contributed by atoms with Gasteiger partial charge in [0.1, 0.15) is 5.75 Å². The quantitative estimate of drug-likeness (QED) is 0.832. The summed E-state index contributed by atoms with van der Waals surface area (Å²) in [6.07, 6.45) is 1.30. The largest absolute Gasteiger partial charge is 0.496 e. The first-order chi connectivity index (χ1) is 8.04. The summed E-state index contributed by atoms with van der Waals surface area (Å²) >= 11 is 0. The fraction of sp³-hybridized carbons (Fsp3) is 0.462. The van der Waals surface area contributed by atoms with Gasteiger partial charge in [-0.15, -0.1) is 0 Å². The van der Waals surface area contributed by atoms with Crippen LogP contribution in [-0.4, -0.2) is 28.9 Å². The van der Waals surface area contributed by atoms with Gasteiger partial charge >= 0.3 is 5.97 Å². The molecule has 0 radical (unpaired) electrons. The molecular weight excluding hydrogens is 220 g/mol. The predicted molar refractivity (Wildman–Crippen MR) is 62.2 cm³/mol. The van der Waals surface area contributed by atoms with E-state index < -0.39 is 11.6 Å². The summed E-state index contributed by atoms with van der Waals surface area (Å²) in [5.41, 5.74) is 0.954. The molecule has 1 aromatic rings. The van der Waals surface area contributed by atoms with E-state index in [9.17, 15) is 9.90 Å². The smallest absolute Gasteiger partial charge is 0.306 e. The Bertz CT molecular complexity index is 441. The second-order valence-corrected chi connectivity index (χ2v) is 4.57. The van der Waals surface area contributed by atoms with Crippen LogP contribution in [0.15, 0.2) is 18.2 Å². The number of rotatable bonds is 3. The first kappa shape index (κ1) is 11.9. The molecule has 0 bridgehead atoms. The standard InChI is InChI=1S/C13H16O4/c1-17-11-4-2-3-9-7-13(16,8-12(14)15)6-5-10(9)11/h2-4,16H,5-8H2,1H3,(H,14,15). The van der Waals surface area contributed by atoms with Crippen molar-refractivity contribution in [3.8, 4) is 5.75 Å². The number of hydrogen-bond donors (Lipinski definition) is 2. The van der Waals surface area contributed by atoms with Gasteiger partial charge in [-0.05, 0) is 30.0 Å². The highest BCUT2D eigenvalue weighted by atomic mass is 16.5. The van der Waals surface area contributed by atoms with Gasteiger partial charge in [-0.3, -0.25) is 4.79 Å². The molecule has 4 heteroatoms. The van der Waals surface area contributed by atoms with E-state index >= 15 is 0 Å². The molecule has 0 saturated carbocycles. The highest BCUT2D eigenvalue weighted by Crippen LogP contribution is 2.35. The summed E-state index contributed by atoms with van der Waals surface area (Å²) < 4.78 is 5.26. The third-order valence-electron chi connectivity index (χ3n) is 3.29. The number of hydrogen-bond acceptors (Lipinski definition) is 3. The van der Waals surface area contributed by atoms with E-state index in [1.54, 1.807) is 7.11 Å². The van der Waals surface area contributed by atoms with E-state index in [1.165, 1.54) is 0 Å². The molecule has 1 aliphatic rings. The lowest BCUT2D eigenvalue weighted by Gasteiger charge is -2.32. The number of methoxy groups -OCH3 is 1. The first-order valence-electron chi connectivity index (χ1n) is 5.63. The van der Waals surface area contributed by atoms with Gasteiger partial charge in [-0.1, -0.05) is 12.1 Å². The Labute approximate surface area is 99.8 Å². The third-order valence-corrected chi connectivity index (χ3v) is 3.29. The zero-order valence-corrected chi connectivity index (χ0v) is 9.77. The van der Waals surface area contributed by atoms with Crippen LogP contribution in [0.25, 0.3) is 0 Å². The Kier molecular flexibility index (Phi) is 3.07. The Morgan fingerprint density at radius 2 is 2.29 bits per heavy atom. The summed E-state index contributed by atoms with van der Waals surface area (Å²) in [6, 6.07) is 5.68. The second kappa shape index (κ2) is 4.37. The number of carbonyl (C=O) groups is 1. The molecule has 0 amide bonds. The molecule has 2 rings (SSSR count). The number of ether oxygens (including phenoxy) is 1. The summed E-state index contributed by atoms with van der Waals surface area (Å²) in [5.74, 6) is -0.140. The molecule has 1 aliphatic carbocycles. The fourth-order valence-corrected chi connectivity index (χ4v) is 2.48. The van der Waals surface area contributed by atoms with Crippen LogP contribution in [-0.2, 0) is 17.6 Å². The zero-order valence-electron chi connectivity index (χ0n) is 9.77. The first-order valence-corrected chi connectivity index (χ1v) is 5.63. The topological polar surface area (TPSA) is 66.8 Å². The predicted octanol–water partition coefficient (Wildman–Crippen LogP) is 1.39. The van der Waals surface area contributed by atoms with Crippen molar-refractivity contribution in [3.05, 3.63) is 29.3 Å². The van der Waals surface area contributed by atoms with Gasteiger partial charge in [-0.25, -0.2) is 0 Å². The Morgan fingerprint density at radius 1 is 1.53 bits per heavy atom. The molecule has 92 valence electrons. The van der Waals surface area contributed by atoms with Crippen molar-refractivity contribution < 1.29 is 19.7 Å². The Morgan fingerprint density at radius 3 is 2.94 bits per heavy atom. The van der Waals surface area contributed by atoms with E-state index in [0.717, 1.165) is 16.9 Å². The van der Waals surface area contributed by atoms with Crippen molar-refractivity contribution >= 4 is 5.97 Å². The van der Waals surface area contributed by atoms with Crippen LogP contribution in [0, 0.1) is 0 Å². The molecule has 1 atom stereocenters. The van der Waals surface area contributed by atoms with Crippen molar-refractivity contribution in [2.24, 2.45) is 0 Å². The minimum atomic E-state index is -1.12. The van der Waals surface area contributed by atoms with E-state index in [1.807, 2.05) is 18.2 Å². The highest BCUT2D eigenvalue weighted by molar-refractivity contribution is 5.68. The lowest BCUT2D eigenvalue weighted by atomic mass is 9.78. The van der Waals surface area contributed by atoms with Crippen molar-refractivity contribution in [3.63, 3.8) is 0 Å². The third kappa shape index (κ3) is 2.42. The number of carboxylic acid groups (broad SMARTS) is 1. The molecule has 4 nitrogen and oxygen atoms in total. The number of benzene rings is 1. The minimum Gasteiger partial charge on any atom is -0.496 e. The molecule has 1 aromatic carbocycles. The SMILES string of the molecule is COc1cccc2c1CCC(O)(CC(=O)O)C2. The van der Waals surface area contributed by atoms with Crippen LogP contribution in [0.3, 0.4) is 0 Å². The Hall–Kier alpha value is -1.55. The van der Waals surface area contributed by atoms with Crippen LogP contribution in [0.5, 0.6) is 5.75 Å². The highest BCUT2D eigenvalue weighted by Gasteiger charge is 2.35. The summed E-state index contributed by atoms with van der Waals surface area (Å²) in [4.78, 5) is 10.7. The van der Waals surface area contributed by atoms with E-state index in [2.05, 4.69) is 0 Å². The molecule has 0 aromatic heterocycles. The van der Waals surface area contributed by atoms with E-state index in [4.69, 9.17) is 9.84 Å². The second-order valence-electron chi connectivity index (χ2n) is 4.57. The van der Waals surface area contributed by atoms with Crippen molar-refractivity contribution in [1.29, 1.82) is 0 Å². The summed E-state index contributed by atoms with van der Waals surface area (Å²) in [5, 5.41) is 19.0. The van der Waals surface area contributed by atoms with Crippen LogP contribution >= 0.6 is 0 Å². The maximum Gasteiger partial charge on any atom is 0.306 e. The average Bonchev–Trinajstić information content (AvgIpc) is 2.26. The average molecular weight is 236 g/mol. The molecule has 0 fully saturated rings. The zero-order chi connectivity index (χ0) is 12.5. The number of aliphatic carboxylic acids is 1. The van der Waals surface area contributed by atoms with Crippen LogP contribution < -0.4 is 4.74 Å². The van der Waals surface area contributed by atoms with Crippen LogP contribution in [0.2, 0.25) is 0 Å². The summed E-state index contributed by atoms with van der Waals surface area (Å²) in [7, 11) is 1.62.